The quantitative estimate of drug-likeness (QED) is 0.518. The molecule has 0 spiro atoms. The maximum atomic E-state index is 5.82. The predicted octanol–water partition coefficient (Wildman–Crippen LogP) is 5.78. The molecule has 0 amide bonds. The number of hydrogen-bond acceptors (Lipinski definition) is 2. The number of furan rings is 1. The summed E-state index contributed by atoms with van der Waals surface area (Å²) in [4.78, 5) is 0. The Bertz CT molecular complexity index is 993. The minimum atomic E-state index is 0.343. The summed E-state index contributed by atoms with van der Waals surface area (Å²) >= 11 is 0. The van der Waals surface area contributed by atoms with E-state index >= 15 is 0 Å². The van der Waals surface area contributed by atoms with Crippen LogP contribution in [0, 0.1) is 0 Å². The largest absolute Gasteiger partial charge is 0.464 e. The number of hydrogen-bond donors (Lipinski definition) is 1. The number of fused-ring (bicyclic) bond motifs is 2. The molecular weight excluding hydrogens is 296 g/mol. The zero-order chi connectivity index (χ0) is 16.7. The van der Waals surface area contributed by atoms with Crippen LogP contribution in [0.2, 0.25) is 0 Å². The average Bonchev–Trinajstić information content (AvgIpc) is 3.22. The number of rotatable bonds is 4. The number of H-pyrrole nitrogens is 1. The molecule has 2 aromatic carbocycles. The molecule has 0 saturated carbocycles. The van der Waals surface area contributed by atoms with E-state index in [4.69, 9.17) is 4.42 Å². The molecule has 24 heavy (non-hydrogen) atoms. The summed E-state index contributed by atoms with van der Waals surface area (Å²) in [5, 5.41) is 10.1. The molecule has 3 nitrogen and oxygen atoms in total. The van der Waals surface area contributed by atoms with Crippen LogP contribution in [0.25, 0.3) is 21.9 Å². The summed E-state index contributed by atoms with van der Waals surface area (Å²) < 4.78 is 5.82. The fourth-order valence-electron chi connectivity index (χ4n) is 3.59. The second-order valence-corrected chi connectivity index (χ2v) is 6.89. The summed E-state index contributed by atoms with van der Waals surface area (Å²) in [5.41, 5.74) is 5.85. The van der Waals surface area contributed by atoms with Crippen LogP contribution < -0.4 is 0 Å². The molecule has 0 aliphatic rings. The smallest absolute Gasteiger partial charge is 0.137 e. The molecule has 0 saturated heterocycles. The maximum absolute atomic E-state index is 5.82. The predicted molar refractivity (Wildman–Crippen MR) is 98.5 cm³/mol. The first-order valence-electron chi connectivity index (χ1n) is 8.57. The highest BCUT2D eigenvalue weighted by atomic mass is 16.3. The van der Waals surface area contributed by atoms with Crippen molar-refractivity contribution in [3.63, 3.8) is 0 Å². The van der Waals surface area contributed by atoms with Gasteiger partial charge in [0.2, 0.25) is 0 Å². The van der Waals surface area contributed by atoms with Crippen LogP contribution in [0.5, 0.6) is 0 Å². The number of nitrogens with zero attached hydrogens (tertiary/aromatic N) is 1. The first-order valence-corrected chi connectivity index (χ1v) is 8.57. The number of nitrogens with one attached hydrogen (secondary N) is 1. The summed E-state index contributed by atoms with van der Waals surface area (Å²) in [6.07, 6.45) is 2.73. The Balaban J connectivity index is 1.72. The third-order valence-corrected chi connectivity index (χ3v) is 4.86. The molecule has 1 unspecified atom stereocenters. The van der Waals surface area contributed by atoms with Crippen LogP contribution in [0.3, 0.4) is 0 Å². The second kappa shape index (κ2) is 5.82. The van der Waals surface area contributed by atoms with Crippen molar-refractivity contribution >= 4 is 21.9 Å². The van der Waals surface area contributed by atoms with E-state index in [1.807, 2.05) is 12.1 Å². The molecule has 3 heteroatoms. The first-order chi connectivity index (χ1) is 11.6. The lowest BCUT2D eigenvalue weighted by Gasteiger charge is -2.13. The molecule has 0 bridgehead atoms. The molecule has 0 aliphatic heterocycles. The van der Waals surface area contributed by atoms with Gasteiger partial charge in [-0.25, -0.2) is 0 Å². The van der Waals surface area contributed by atoms with E-state index in [2.05, 4.69) is 61.3 Å². The Morgan fingerprint density at radius 3 is 2.67 bits per heavy atom. The molecule has 1 N–H and O–H groups in total. The second-order valence-electron chi connectivity index (χ2n) is 6.89. The number of aromatic nitrogens is 2. The standard InChI is InChI=1S/C21H22N2O/c1-13(2)16-9-8-15(21-17(16)10-11-24-21)12-14(3)20-18-6-4-5-7-19(18)22-23-20/h4-11,13-14H,12H2,1-3H3,(H,22,23). The van der Waals surface area contributed by atoms with E-state index in [-0.39, 0.29) is 0 Å². The highest BCUT2D eigenvalue weighted by molar-refractivity contribution is 5.85. The van der Waals surface area contributed by atoms with Crippen molar-refractivity contribution in [1.29, 1.82) is 0 Å². The van der Waals surface area contributed by atoms with E-state index in [1.165, 1.54) is 27.6 Å². The average molecular weight is 318 g/mol. The third-order valence-electron chi connectivity index (χ3n) is 4.86. The Kier molecular flexibility index (Phi) is 3.64. The van der Waals surface area contributed by atoms with Gasteiger partial charge in [-0.15, -0.1) is 0 Å². The van der Waals surface area contributed by atoms with Gasteiger partial charge in [-0.3, -0.25) is 5.10 Å². The van der Waals surface area contributed by atoms with E-state index in [0.717, 1.165) is 17.5 Å². The van der Waals surface area contributed by atoms with Crippen molar-refractivity contribution in [2.75, 3.05) is 0 Å². The zero-order valence-electron chi connectivity index (χ0n) is 14.3. The lowest BCUT2D eigenvalue weighted by molar-refractivity contribution is 0.605. The molecule has 4 aromatic rings. The van der Waals surface area contributed by atoms with Crippen molar-refractivity contribution in [3.05, 3.63) is 65.5 Å². The van der Waals surface area contributed by atoms with Crippen LogP contribution in [-0.4, -0.2) is 10.2 Å². The molecule has 2 heterocycles. The van der Waals surface area contributed by atoms with Crippen molar-refractivity contribution in [2.24, 2.45) is 0 Å². The Hall–Kier alpha value is -2.55. The van der Waals surface area contributed by atoms with Gasteiger partial charge in [0.05, 0.1) is 11.8 Å². The Morgan fingerprint density at radius 2 is 1.83 bits per heavy atom. The SMILES string of the molecule is CC(C)c1ccc(CC(C)c2[nH]nc3ccccc23)c2occc12. The fraction of sp³-hybridized carbons (Fsp3) is 0.286. The third kappa shape index (κ3) is 2.41. The molecule has 0 fully saturated rings. The molecule has 2 aromatic heterocycles. The zero-order valence-corrected chi connectivity index (χ0v) is 14.3. The minimum Gasteiger partial charge on any atom is -0.464 e. The Morgan fingerprint density at radius 1 is 1.00 bits per heavy atom. The van der Waals surface area contributed by atoms with Crippen LogP contribution in [-0.2, 0) is 6.42 Å². The Labute approximate surface area is 141 Å². The summed E-state index contributed by atoms with van der Waals surface area (Å²) in [6.45, 7) is 6.69. The maximum Gasteiger partial charge on any atom is 0.137 e. The highest BCUT2D eigenvalue weighted by Crippen LogP contribution is 2.32. The van der Waals surface area contributed by atoms with Crippen molar-refractivity contribution in [1.82, 2.24) is 10.2 Å². The van der Waals surface area contributed by atoms with Gasteiger partial charge in [-0.1, -0.05) is 51.1 Å². The molecular formula is C21H22N2O. The minimum absolute atomic E-state index is 0.343. The molecule has 0 aliphatic carbocycles. The molecule has 0 radical (unpaired) electrons. The molecule has 4 rings (SSSR count). The van der Waals surface area contributed by atoms with Crippen LogP contribution in [0.1, 0.15) is 49.4 Å². The lowest BCUT2D eigenvalue weighted by atomic mass is 9.92. The first kappa shape index (κ1) is 15.0. The van der Waals surface area contributed by atoms with Gasteiger partial charge >= 0.3 is 0 Å². The van der Waals surface area contributed by atoms with Gasteiger partial charge in [0.25, 0.3) is 0 Å². The number of aromatic amines is 1. The molecule has 1 atom stereocenters. The number of benzene rings is 2. The van der Waals surface area contributed by atoms with Gasteiger partial charge in [0, 0.05) is 22.4 Å². The monoisotopic (exact) mass is 318 g/mol. The van der Waals surface area contributed by atoms with Crippen LogP contribution >= 0.6 is 0 Å². The van der Waals surface area contributed by atoms with Crippen molar-refractivity contribution in [2.45, 2.75) is 39.0 Å². The van der Waals surface area contributed by atoms with Crippen LogP contribution in [0.15, 0.2) is 53.1 Å². The van der Waals surface area contributed by atoms with E-state index in [0.29, 0.717) is 11.8 Å². The van der Waals surface area contributed by atoms with Gasteiger partial charge in [0.1, 0.15) is 5.58 Å². The summed E-state index contributed by atoms with van der Waals surface area (Å²) in [7, 11) is 0. The van der Waals surface area contributed by atoms with E-state index < -0.39 is 0 Å². The normalized spacial score (nSPS) is 13.2. The van der Waals surface area contributed by atoms with Gasteiger partial charge in [-0.2, -0.15) is 5.10 Å². The van der Waals surface area contributed by atoms with Crippen molar-refractivity contribution < 1.29 is 4.42 Å². The number of para-hydroxylation sites is 1. The van der Waals surface area contributed by atoms with Crippen LogP contribution in [0.4, 0.5) is 0 Å². The summed E-state index contributed by atoms with van der Waals surface area (Å²) in [6, 6.07) is 14.8. The fourth-order valence-corrected chi connectivity index (χ4v) is 3.59. The lowest BCUT2D eigenvalue weighted by Crippen LogP contribution is -2.01. The van der Waals surface area contributed by atoms with Crippen molar-refractivity contribution in [3.8, 4) is 0 Å². The highest BCUT2D eigenvalue weighted by Gasteiger charge is 2.17. The van der Waals surface area contributed by atoms with Gasteiger partial charge < -0.3 is 4.42 Å². The van der Waals surface area contributed by atoms with E-state index in [9.17, 15) is 0 Å². The van der Waals surface area contributed by atoms with E-state index in [1.54, 1.807) is 6.26 Å². The summed E-state index contributed by atoms with van der Waals surface area (Å²) in [5.74, 6) is 0.837. The van der Waals surface area contributed by atoms with Gasteiger partial charge in [-0.05, 0) is 35.6 Å². The van der Waals surface area contributed by atoms with Gasteiger partial charge in [0.15, 0.2) is 0 Å². The molecule has 122 valence electrons. The topological polar surface area (TPSA) is 41.8 Å².